The largest absolute Gasteiger partial charge is 0.416 e. The Hall–Kier alpha value is -2.02. The summed E-state index contributed by atoms with van der Waals surface area (Å²) in [4.78, 5) is 4.02. The van der Waals surface area contributed by atoms with E-state index >= 15 is 0 Å². The first-order chi connectivity index (χ1) is 9.86. The first kappa shape index (κ1) is 13.9. The Kier molecular flexibility index (Phi) is 3.16. The van der Waals surface area contributed by atoms with E-state index in [4.69, 9.17) is 5.73 Å². The minimum atomic E-state index is -4.40. The lowest BCUT2D eigenvalue weighted by molar-refractivity contribution is -0.137. The molecule has 0 amide bonds. The zero-order valence-electron chi connectivity index (χ0n) is 10.5. The third-order valence-corrected chi connectivity index (χ3v) is 3.62. The van der Waals surface area contributed by atoms with Gasteiger partial charge in [0.2, 0.25) is 5.95 Å². The lowest BCUT2D eigenvalue weighted by atomic mass is 10.2. The van der Waals surface area contributed by atoms with E-state index in [1.165, 1.54) is 6.07 Å². The summed E-state index contributed by atoms with van der Waals surface area (Å²) >= 11 is 3.33. The number of benzene rings is 2. The molecule has 0 aliphatic carbocycles. The van der Waals surface area contributed by atoms with E-state index < -0.39 is 11.7 Å². The Labute approximate surface area is 126 Å². The number of hydrogen-bond acceptors (Lipinski definition) is 2. The van der Waals surface area contributed by atoms with Crippen molar-refractivity contribution < 1.29 is 13.2 Å². The zero-order valence-corrected chi connectivity index (χ0v) is 12.1. The van der Waals surface area contributed by atoms with Gasteiger partial charge in [-0.15, -0.1) is 0 Å². The molecule has 0 unspecified atom stereocenters. The molecule has 0 fully saturated rings. The number of hydrogen-bond donors (Lipinski definition) is 1. The van der Waals surface area contributed by atoms with Crippen LogP contribution in [-0.4, -0.2) is 9.55 Å². The van der Waals surface area contributed by atoms with Crippen molar-refractivity contribution in [3.05, 3.63) is 52.5 Å². The van der Waals surface area contributed by atoms with Crippen LogP contribution in [0.2, 0.25) is 0 Å². The second-order valence-electron chi connectivity index (χ2n) is 4.48. The van der Waals surface area contributed by atoms with Crippen molar-refractivity contribution >= 4 is 32.9 Å². The predicted octanol–water partition coefficient (Wildman–Crippen LogP) is 4.39. The molecule has 0 saturated heterocycles. The Balaban J connectivity index is 2.20. The van der Waals surface area contributed by atoms with Gasteiger partial charge in [0.1, 0.15) is 0 Å². The van der Waals surface area contributed by atoms with Gasteiger partial charge in [-0.2, -0.15) is 13.2 Å². The van der Waals surface area contributed by atoms with Crippen LogP contribution in [-0.2, 0) is 6.18 Å². The number of rotatable bonds is 1. The van der Waals surface area contributed by atoms with Gasteiger partial charge in [0, 0.05) is 10.2 Å². The monoisotopic (exact) mass is 355 g/mol. The molecule has 0 aliphatic heterocycles. The molecule has 0 atom stereocenters. The smallest absolute Gasteiger partial charge is 0.369 e. The van der Waals surface area contributed by atoms with Crippen molar-refractivity contribution in [2.24, 2.45) is 0 Å². The lowest BCUT2D eigenvalue weighted by Gasteiger charge is -2.08. The minimum absolute atomic E-state index is 0.145. The maximum Gasteiger partial charge on any atom is 0.416 e. The first-order valence-electron chi connectivity index (χ1n) is 5.97. The highest BCUT2D eigenvalue weighted by Crippen LogP contribution is 2.32. The molecule has 1 heterocycles. The van der Waals surface area contributed by atoms with Crippen LogP contribution in [0.1, 0.15) is 5.56 Å². The molecular weight excluding hydrogens is 347 g/mol. The molecule has 1 aromatic heterocycles. The van der Waals surface area contributed by atoms with Crippen molar-refractivity contribution in [2.45, 2.75) is 6.18 Å². The average molecular weight is 356 g/mol. The molecule has 21 heavy (non-hydrogen) atoms. The molecule has 2 N–H and O–H groups in total. The van der Waals surface area contributed by atoms with Gasteiger partial charge in [0.15, 0.2) is 0 Å². The summed E-state index contributed by atoms with van der Waals surface area (Å²) in [5, 5.41) is 0. The molecule has 2 aromatic carbocycles. The average Bonchev–Trinajstić information content (AvgIpc) is 2.74. The Morgan fingerprint density at radius 1 is 1.05 bits per heavy atom. The second-order valence-corrected chi connectivity index (χ2v) is 5.40. The van der Waals surface area contributed by atoms with E-state index in [0.717, 1.165) is 22.3 Å². The molecule has 108 valence electrons. The maximum atomic E-state index is 12.7. The Morgan fingerprint density at radius 3 is 2.33 bits per heavy atom. The molecule has 0 radical (unpaired) electrons. The van der Waals surface area contributed by atoms with Crippen LogP contribution in [0.4, 0.5) is 19.1 Å². The number of fused-ring (bicyclic) bond motifs is 1. The van der Waals surface area contributed by atoms with E-state index in [1.807, 2.05) is 12.1 Å². The number of nitrogen functional groups attached to an aromatic ring is 1. The molecule has 0 spiro atoms. The summed E-state index contributed by atoms with van der Waals surface area (Å²) in [6.07, 6.45) is -4.40. The molecular formula is C14H9BrF3N3. The third kappa shape index (κ3) is 2.49. The maximum absolute atomic E-state index is 12.7. The van der Waals surface area contributed by atoms with E-state index in [0.29, 0.717) is 5.52 Å². The normalized spacial score (nSPS) is 12.0. The van der Waals surface area contributed by atoms with Gasteiger partial charge in [-0.25, -0.2) is 4.98 Å². The molecule has 0 saturated carbocycles. The molecule has 3 nitrogen and oxygen atoms in total. The van der Waals surface area contributed by atoms with Gasteiger partial charge < -0.3 is 5.73 Å². The van der Waals surface area contributed by atoms with Crippen LogP contribution in [0.3, 0.4) is 0 Å². The summed E-state index contributed by atoms with van der Waals surface area (Å²) in [5.41, 5.74) is 6.58. The van der Waals surface area contributed by atoms with Crippen molar-refractivity contribution in [1.29, 1.82) is 0 Å². The molecule has 0 bridgehead atoms. The highest BCUT2D eigenvalue weighted by atomic mass is 79.9. The minimum Gasteiger partial charge on any atom is -0.369 e. The number of imidazole rings is 1. The summed E-state index contributed by atoms with van der Waals surface area (Å²) in [6, 6.07) is 10.7. The quantitative estimate of drug-likeness (QED) is 0.703. The Morgan fingerprint density at radius 2 is 1.71 bits per heavy atom. The molecule has 3 aromatic rings. The topological polar surface area (TPSA) is 43.8 Å². The number of halogens is 4. The first-order valence-corrected chi connectivity index (χ1v) is 6.77. The second kappa shape index (κ2) is 4.77. The van der Waals surface area contributed by atoms with E-state index in [9.17, 15) is 13.2 Å². The fourth-order valence-electron chi connectivity index (χ4n) is 2.14. The zero-order chi connectivity index (χ0) is 15.2. The van der Waals surface area contributed by atoms with E-state index in [2.05, 4.69) is 20.9 Å². The fraction of sp³-hybridized carbons (Fsp3) is 0.0714. The Bertz CT molecular complexity index is 807. The van der Waals surface area contributed by atoms with Crippen LogP contribution in [0.15, 0.2) is 46.9 Å². The molecule has 3 rings (SSSR count). The lowest BCUT2D eigenvalue weighted by Crippen LogP contribution is -2.04. The predicted molar refractivity (Wildman–Crippen MR) is 78.2 cm³/mol. The number of aromatic nitrogens is 2. The summed E-state index contributed by atoms with van der Waals surface area (Å²) in [7, 11) is 0. The van der Waals surface area contributed by atoms with E-state index in [1.54, 1.807) is 16.7 Å². The van der Waals surface area contributed by atoms with Crippen LogP contribution in [0.5, 0.6) is 0 Å². The molecule has 7 heteroatoms. The van der Waals surface area contributed by atoms with Gasteiger partial charge in [-0.1, -0.05) is 15.9 Å². The van der Waals surface area contributed by atoms with E-state index in [-0.39, 0.29) is 11.5 Å². The fourth-order valence-corrected chi connectivity index (χ4v) is 2.40. The van der Waals surface area contributed by atoms with Crippen molar-refractivity contribution in [2.75, 3.05) is 5.73 Å². The summed E-state index contributed by atoms with van der Waals surface area (Å²) in [6.45, 7) is 0. The van der Waals surface area contributed by atoms with Crippen LogP contribution >= 0.6 is 15.9 Å². The number of nitrogens with zero attached hydrogens (tertiary/aromatic N) is 2. The van der Waals surface area contributed by atoms with Gasteiger partial charge in [-0.05, 0) is 42.5 Å². The van der Waals surface area contributed by atoms with Crippen molar-refractivity contribution in [3.8, 4) is 5.69 Å². The van der Waals surface area contributed by atoms with Gasteiger partial charge >= 0.3 is 6.18 Å². The van der Waals surface area contributed by atoms with Gasteiger partial charge in [-0.3, -0.25) is 4.57 Å². The number of alkyl halides is 3. The summed E-state index contributed by atoms with van der Waals surface area (Å²) in [5.74, 6) is 0.145. The molecule has 0 aliphatic rings. The van der Waals surface area contributed by atoms with Crippen LogP contribution in [0, 0.1) is 0 Å². The van der Waals surface area contributed by atoms with Gasteiger partial charge in [0.05, 0.1) is 16.6 Å². The third-order valence-electron chi connectivity index (χ3n) is 3.09. The SMILES string of the molecule is Nc1nc2cc(C(F)(F)F)ccc2n1-c1ccc(Br)cc1. The highest BCUT2D eigenvalue weighted by Gasteiger charge is 2.31. The van der Waals surface area contributed by atoms with Crippen LogP contribution in [0.25, 0.3) is 16.7 Å². The standard InChI is InChI=1S/C14H9BrF3N3/c15-9-2-4-10(5-3-9)21-12-6-1-8(14(16,17)18)7-11(12)20-13(21)19/h1-7H,(H2,19,20). The number of nitrogens with two attached hydrogens (primary N) is 1. The van der Waals surface area contributed by atoms with Crippen LogP contribution < -0.4 is 5.73 Å². The van der Waals surface area contributed by atoms with Crippen molar-refractivity contribution in [1.82, 2.24) is 9.55 Å². The van der Waals surface area contributed by atoms with Crippen molar-refractivity contribution in [3.63, 3.8) is 0 Å². The van der Waals surface area contributed by atoms with Gasteiger partial charge in [0.25, 0.3) is 0 Å². The highest BCUT2D eigenvalue weighted by molar-refractivity contribution is 9.10. The number of anilines is 1. The summed E-state index contributed by atoms with van der Waals surface area (Å²) < 4.78 is 40.7.